The van der Waals surface area contributed by atoms with Crippen LogP contribution in [0, 0.1) is 6.92 Å². The first-order valence-electron chi connectivity index (χ1n) is 11.6. The number of rotatable bonds is 9. The first kappa shape index (κ1) is 23.8. The molecule has 3 aromatic rings. The SMILES string of the molecule is CCC(NC(=O)c1ccc(OCc2cc(C)cc3c2OCCN3)cc1)C(CC)c1n[nH]c(=O)s1. The highest BCUT2D eigenvalue weighted by Gasteiger charge is 2.25. The monoisotopic (exact) mass is 482 g/mol. The van der Waals surface area contributed by atoms with Crippen molar-refractivity contribution in [2.75, 3.05) is 18.5 Å². The summed E-state index contributed by atoms with van der Waals surface area (Å²) in [6, 6.07) is 11.1. The third kappa shape index (κ3) is 5.41. The number of aromatic nitrogens is 2. The molecule has 2 heterocycles. The van der Waals surface area contributed by atoms with E-state index in [1.54, 1.807) is 24.3 Å². The summed E-state index contributed by atoms with van der Waals surface area (Å²) >= 11 is 1.10. The largest absolute Gasteiger partial charge is 0.489 e. The van der Waals surface area contributed by atoms with E-state index in [0.29, 0.717) is 24.5 Å². The zero-order chi connectivity index (χ0) is 24.1. The van der Waals surface area contributed by atoms with Crippen molar-refractivity contribution < 1.29 is 14.3 Å². The molecule has 1 aliphatic rings. The number of anilines is 1. The van der Waals surface area contributed by atoms with Crippen molar-refractivity contribution in [2.24, 2.45) is 0 Å². The molecule has 3 N–H and O–H groups in total. The Labute approximate surface area is 202 Å². The molecule has 34 heavy (non-hydrogen) atoms. The van der Waals surface area contributed by atoms with Crippen LogP contribution in [0.3, 0.4) is 0 Å². The number of fused-ring (bicyclic) bond motifs is 1. The molecule has 4 rings (SSSR count). The van der Waals surface area contributed by atoms with Crippen LogP contribution in [0.5, 0.6) is 11.5 Å². The summed E-state index contributed by atoms with van der Waals surface area (Å²) in [6.45, 7) is 7.89. The van der Waals surface area contributed by atoms with Crippen molar-refractivity contribution in [1.82, 2.24) is 15.5 Å². The zero-order valence-corrected chi connectivity index (χ0v) is 20.5. The molecule has 1 amide bonds. The maximum atomic E-state index is 12.9. The molecule has 9 heteroatoms. The van der Waals surface area contributed by atoms with E-state index in [4.69, 9.17) is 9.47 Å². The summed E-state index contributed by atoms with van der Waals surface area (Å²) in [5.74, 6) is 1.34. The van der Waals surface area contributed by atoms with Crippen molar-refractivity contribution in [1.29, 1.82) is 0 Å². The van der Waals surface area contributed by atoms with Crippen LogP contribution >= 0.6 is 11.3 Å². The van der Waals surface area contributed by atoms with Crippen molar-refractivity contribution in [3.8, 4) is 11.5 Å². The number of H-pyrrole nitrogens is 1. The van der Waals surface area contributed by atoms with Gasteiger partial charge in [0.05, 0.1) is 5.69 Å². The lowest BCUT2D eigenvalue weighted by molar-refractivity contribution is 0.0928. The first-order chi connectivity index (χ1) is 16.5. The normalized spacial score (nSPS) is 14.3. The molecule has 2 atom stereocenters. The quantitative estimate of drug-likeness (QED) is 0.422. The van der Waals surface area contributed by atoms with Crippen LogP contribution in [-0.2, 0) is 6.61 Å². The predicted molar refractivity (Wildman–Crippen MR) is 133 cm³/mol. The van der Waals surface area contributed by atoms with Gasteiger partial charge in [-0.15, -0.1) is 0 Å². The highest BCUT2D eigenvalue weighted by Crippen LogP contribution is 2.33. The Morgan fingerprint density at radius 2 is 2.03 bits per heavy atom. The number of carbonyl (C=O) groups excluding carboxylic acids is 1. The molecular formula is C25H30N4O4S. The van der Waals surface area contributed by atoms with Gasteiger partial charge in [-0.2, -0.15) is 5.10 Å². The highest BCUT2D eigenvalue weighted by atomic mass is 32.1. The average Bonchev–Trinajstić information content (AvgIpc) is 3.28. The van der Waals surface area contributed by atoms with Gasteiger partial charge in [0.2, 0.25) is 0 Å². The van der Waals surface area contributed by atoms with E-state index >= 15 is 0 Å². The molecule has 0 saturated heterocycles. The molecule has 180 valence electrons. The highest BCUT2D eigenvalue weighted by molar-refractivity contribution is 7.08. The van der Waals surface area contributed by atoms with Crippen LogP contribution < -0.4 is 25.0 Å². The number of aromatic amines is 1. The van der Waals surface area contributed by atoms with E-state index in [1.807, 2.05) is 20.8 Å². The molecular weight excluding hydrogens is 452 g/mol. The number of benzene rings is 2. The lowest BCUT2D eigenvalue weighted by Gasteiger charge is -2.24. The third-order valence-electron chi connectivity index (χ3n) is 5.94. The fourth-order valence-electron chi connectivity index (χ4n) is 4.23. The summed E-state index contributed by atoms with van der Waals surface area (Å²) in [5.41, 5.74) is 3.67. The third-order valence-corrected chi connectivity index (χ3v) is 6.82. The van der Waals surface area contributed by atoms with Crippen LogP contribution in [0.25, 0.3) is 0 Å². The number of nitrogens with one attached hydrogen (secondary N) is 3. The van der Waals surface area contributed by atoms with Gasteiger partial charge >= 0.3 is 4.87 Å². The number of amides is 1. The molecule has 1 aliphatic heterocycles. The summed E-state index contributed by atoms with van der Waals surface area (Å²) in [4.78, 5) is 24.2. The number of hydrogen-bond donors (Lipinski definition) is 3. The Hall–Kier alpha value is -3.33. The molecule has 0 bridgehead atoms. The molecule has 2 aromatic carbocycles. The van der Waals surface area contributed by atoms with Crippen LogP contribution in [0.1, 0.15) is 59.1 Å². The Morgan fingerprint density at radius 1 is 1.24 bits per heavy atom. The number of ether oxygens (including phenoxy) is 2. The second kappa shape index (κ2) is 10.7. The van der Waals surface area contributed by atoms with Gasteiger partial charge in [0.1, 0.15) is 29.7 Å². The molecule has 8 nitrogen and oxygen atoms in total. The van der Waals surface area contributed by atoms with Crippen molar-refractivity contribution in [2.45, 2.75) is 52.2 Å². The minimum atomic E-state index is -0.181. The van der Waals surface area contributed by atoms with Crippen molar-refractivity contribution in [3.63, 3.8) is 0 Å². The van der Waals surface area contributed by atoms with Crippen LogP contribution in [-0.4, -0.2) is 35.3 Å². The van der Waals surface area contributed by atoms with Gasteiger partial charge in [0.15, 0.2) is 0 Å². The second-order valence-corrected chi connectivity index (χ2v) is 9.34. The van der Waals surface area contributed by atoms with Crippen LogP contribution in [0.4, 0.5) is 5.69 Å². The average molecular weight is 483 g/mol. The standard InChI is InChI=1S/C25H30N4O4S/c1-4-19(24-28-29-25(31)34-24)20(5-2)27-23(30)16-6-8-18(9-7-16)33-14-17-12-15(3)13-21-22(17)32-11-10-26-21/h6-9,12-13,19-20,26H,4-5,10-11,14H2,1-3H3,(H,27,30)(H,29,31). The Kier molecular flexibility index (Phi) is 7.52. The van der Waals surface area contributed by atoms with E-state index in [9.17, 15) is 9.59 Å². The molecule has 0 spiro atoms. The minimum Gasteiger partial charge on any atom is -0.489 e. The number of nitrogens with zero attached hydrogens (tertiary/aromatic N) is 1. The van der Waals surface area contributed by atoms with E-state index in [1.165, 1.54) is 0 Å². The van der Waals surface area contributed by atoms with Gasteiger partial charge in [0.25, 0.3) is 5.91 Å². The fourth-order valence-corrected chi connectivity index (χ4v) is 5.08. The first-order valence-corrected chi connectivity index (χ1v) is 12.4. The molecule has 2 unspecified atom stereocenters. The lowest BCUT2D eigenvalue weighted by atomic mass is 9.95. The summed E-state index contributed by atoms with van der Waals surface area (Å²) in [6.07, 6.45) is 1.51. The van der Waals surface area contributed by atoms with Gasteiger partial charge in [-0.25, -0.2) is 5.10 Å². The zero-order valence-electron chi connectivity index (χ0n) is 19.6. The van der Waals surface area contributed by atoms with Crippen LogP contribution in [0.15, 0.2) is 41.2 Å². The van der Waals surface area contributed by atoms with Gasteiger partial charge in [0, 0.05) is 29.6 Å². The molecule has 1 aromatic heterocycles. The summed E-state index contributed by atoms with van der Waals surface area (Å²) in [7, 11) is 0. The van der Waals surface area contributed by atoms with E-state index in [2.05, 4.69) is 33.0 Å². The maximum absolute atomic E-state index is 12.9. The minimum absolute atomic E-state index is 0.0162. The number of aryl methyl sites for hydroxylation is 1. The fraction of sp³-hybridized carbons (Fsp3) is 0.400. The smallest absolute Gasteiger partial charge is 0.322 e. The van der Waals surface area contributed by atoms with Gasteiger partial charge < -0.3 is 20.1 Å². The molecule has 0 aliphatic carbocycles. The Bertz CT molecular complexity index is 1190. The number of hydrogen-bond acceptors (Lipinski definition) is 7. The van der Waals surface area contributed by atoms with E-state index in [0.717, 1.165) is 58.3 Å². The Morgan fingerprint density at radius 3 is 2.71 bits per heavy atom. The Balaban J connectivity index is 1.40. The summed E-state index contributed by atoms with van der Waals surface area (Å²) in [5, 5.41) is 13.8. The molecule has 0 radical (unpaired) electrons. The molecule has 0 fully saturated rings. The molecule has 0 saturated carbocycles. The maximum Gasteiger partial charge on any atom is 0.322 e. The van der Waals surface area contributed by atoms with Crippen molar-refractivity contribution >= 4 is 22.9 Å². The van der Waals surface area contributed by atoms with Crippen molar-refractivity contribution in [3.05, 3.63) is 67.8 Å². The predicted octanol–water partition coefficient (Wildman–Crippen LogP) is 4.23. The van der Waals surface area contributed by atoms with E-state index in [-0.39, 0.29) is 22.7 Å². The number of carbonyl (C=O) groups is 1. The topological polar surface area (TPSA) is 105 Å². The van der Waals surface area contributed by atoms with Gasteiger partial charge in [-0.1, -0.05) is 25.2 Å². The summed E-state index contributed by atoms with van der Waals surface area (Å²) < 4.78 is 11.8. The second-order valence-electron chi connectivity index (χ2n) is 8.34. The lowest BCUT2D eigenvalue weighted by Crippen LogP contribution is -2.38. The van der Waals surface area contributed by atoms with Gasteiger partial charge in [-0.3, -0.25) is 9.59 Å². The van der Waals surface area contributed by atoms with Crippen LogP contribution in [0.2, 0.25) is 0 Å². The van der Waals surface area contributed by atoms with E-state index < -0.39 is 0 Å². The van der Waals surface area contributed by atoms with Gasteiger partial charge in [-0.05, 0) is 61.7 Å².